The molecule has 2 aromatic carbocycles. The molecule has 2 rings (SSSR count). The van der Waals surface area contributed by atoms with Crippen LogP contribution in [0.25, 0.3) is 0 Å². The van der Waals surface area contributed by atoms with E-state index >= 15 is 0 Å². The maximum absolute atomic E-state index is 5.96. The maximum atomic E-state index is 5.96. The quantitative estimate of drug-likeness (QED) is 0.766. The average molecular weight is 287 g/mol. The Morgan fingerprint density at radius 3 is 2.40 bits per heavy atom. The summed E-state index contributed by atoms with van der Waals surface area (Å²) in [7, 11) is 1.99. The number of hydrogen-bond acceptors (Lipinski definition) is 3. The van der Waals surface area contributed by atoms with Crippen LogP contribution in [0, 0.1) is 0 Å². The smallest absolute Gasteiger partial charge is 0.140 e. The van der Waals surface area contributed by atoms with E-state index in [4.69, 9.17) is 4.74 Å². The van der Waals surface area contributed by atoms with Gasteiger partial charge in [0.25, 0.3) is 0 Å². The van der Waals surface area contributed by atoms with E-state index < -0.39 is 0 Å². The molecule has 0 radical (unpaired) electrons. The first kappa shape index (κ1) is 14.9. The Balaban J connectivity index is 2.14. The van der Waals surface area contributed by atoms with Crippen molar-refractivity contribution < 1.29 is 4.74 Å². The fourth-order valence-electron chi connectivity index (χ4n) is 2.20. The van der Waals surface area contributed by atoms with E-state index in [2.05, 4.69) is 36.7 Å². The Bertz CT molecular complexity index is 535. The highest BCUT2D eigenvalue weighted by Gasteiger charge is 2.07. The Morgan fingerprint density at radius 1 is 1.10 bits per heavy atom. The first-order valence-electron chi connectivity index (χ1n) is 6.86. The molecule has 0 aromatic heterocycles. The normalized spacial score (nSPS) is 12.2. The Labute approximate surface area is 125 Å². The predicted molar refractivity (Wildman–Crippen MR) is 86.8 cm³/mol. The van der Waals surface area contributed by atoms with E-state index in [0.717, 1.165) is 22.8 Å². The fraction of sp³-hybridized carbons (Fsp3) is 0.294. The van der Waals surface area contributed by atoms with E-state index in [1.807, 2.05) is 37.4 Å². The van der Waals surface area contributed by atoms with Gasteiger partial charge in [-0.25, -0.2) is 0 Å². The van der Waals surface area contributed by atoms with Crippen LogP contribution in [0.1, 0.15) is 24.9 Å². The average Bonchev–Trinajstić information content (AvgIpc) is 2.51. The molecule has 1 unspecified atom stereocenters. The lowest BCUT2D eigenvalue weighted by Crippen LogP contribution is -2.14. The van der Waals surface area contributed by atoms with Gasteiger partial charge in [0.2, 0.25) is 0 Å². The molecule has 0 aliphatic rings. The van der Waals surface area contributed by atoms with Crippen LogP contribution in [0.15, 0.2) is 53.4 Å². The summed E-state index contributed by atoms with van der Waals surface area (Å²) in [6, 6.07) is 16.8. The van der Waals surface area contributed by atoms with Gasteiger partial charge in [-0.15, -0.1) is 11.8 Å². The monoisotopic (exact) mass is 287 g/mol. The van der Waals surface area contributed by atoms with Gasteiger partial charge in [-0.3, -0.25) is 0 Å². The zero-order valence-corrected chi connectivity index (χ0v) is 13.0. The van der Waals surface area contributed by atoms with Crippen LogP contribution in [0.4, 0.5) is 0 Å². The summed E-state index contributed by atoms with van der Waals surface area (Å²) in [6.45, 7) is 2.18. The molecule has 2 nitrogen and oxygen atoms in total. The van der Waals surface area contributed by atoms with Gasteiger partial charge in [0, 0.05) is 10.9 Å². The highest BCUT2D eigenvalue weighted by atomic mass is 32.2. The molecule has 0 amide bonds. The van der Waals surface area contributed by atoms with Crippen LogP contribution in [0.3, 0.4) is 0 Å². The summed E-state index contributed by atoms with van der Waals surface area (Å²) >= 11 is 1.69. The molecular weight excluding hydrogens is 266 g/mol. The molecule has 106 valence electrons. The largest absolute Gasteiger partial charge is 0.456 e. The molecular formula is C17H21NOS. The lowest BCUT2D eigenvalue weighted by Gasteiger charge is -2.15. The van der Waals surface area contributed by atoms with Gasteiger partial charge in [-0.05, 0) is 49.6 Å². The Morgan fingerprint density at radius 2 is 1.80 bits per heavy atom. The lowest BCUT2D eigenvalue weighted by molar-refractivity contribution is 0.470. The molecule has 20 heavy (non-hydrogen) atoms. The molecule has 1 N–H and O–H groups in total. The summed E-state index contributed by atoms with van der Waals surface area (Å²) in [5, 5.41) is 3.31. The van der Waals surface area contributed by atoms with Gasteiger partial charge < -0.3 is 10.1 Å². The minimum Gasteiger partial charge on any atom is -0.456 e. The summed E-state index contributed by atoms with van der Waals surface area (Å²) in [5.41, 5.74) is 1.29. The summed E-state index contributed by atoms with van der Waals surface area (Å²) in [6.07, 6.45) is 3.13. The minimum atomic E-state index is 0.405. The number of benzene rings is 2. The second-order valence-electron chi connectivity index (χ2n) is 4.57. The fourth-order valence-corrected chi connectivity index (χ4v) is 2.73. The van der Waals surface area contributed by atoms with E-state index in [-0.39, 0.29) is 0 Å². The van der Waals surface area contributed by atoms with E-state index in [9.17, 15) is 0 Å². The molecule has 0 aliphatic carbocycles. The van der Waals surface area contributed by atoms with Gasteiger partial charge in [0.1, 0.15) is 11.5 Å². The van der Waals surface area contributed by atoms with Crippen LogP contribution < -0.4 is 10.1 Å². The number of nitrogens with one attached hydrogen (secondary N) is 1. The zero-order chi connectivity index (χ0) is 14.4. The molecule has 0 heterocycles. The number of para-hydroxylation sites is 1. The van der Waals surface area contributed by atoms with Gasteiger partial charge in [0.15, 0.2) is 0 Å². The zero-order valence-electron chi connectivity index (χ0n) is 12.2. The predicted octanol–water partition coefficient (Wildman–Crippen LogP) is 4.87. The van der Waals surface area contributed by atoms with Gasteiger partial charge >= 0.3 is 0 Å². The molecule has 0 fully saturated rings. The minimum absolute atomic E-state index is 0.405. The molecule has 1 atom stereocenters. The van der Waals surface area contributed by atoms with Crippen molar-refractivity contribution in [2.24, 2.45) is 0 Å². The van der Waals surface area contributed by atoms with E-state index in [0.29, 0.717) is 6.04 Å². The summed E-state index contributed by atoms with van der Waals surface area (Å²) in [4.78, 5) is 1.15. The number of ether oxygens (including phenoxy) is 1. The molecule has 2 aromatic rings. The van der Waals surface area contributed by atoms with Crippen LogP contribution in [-0.4, -0.2) is 13.3 Å². The molecule has 3 heteroatoms. The van der Waals surface area contributed by atoms with Crippen LogP contribution in [0.5, 0.6) is 11.5 Å². The standard InChI is InChI=1S/C17H21NOS/c1-4-15(18-2)13-9-11-14(12-10-13)19-16-7-5-6-8-17(16)20-3/h5-12,15,18H,4H2,1-3H3. The third kappa shape index (κ3) is 3.56. The molecule has 0 saturated carbocycles. The van der Waals surface area contributed by atoms with Crippen LogP contribution >= 0.6 is 11.8 Å². The highest BCUT2D eigenvalue weighted by Crippen LogP contribution is 2.31. The van der Waals surface area contributed by atoms with Crippen molar-refractivity contribution in [2.75, 3.05) is 13.3 Å². The van der Waals surface area contributed by atoms with Crippen molar-refractivity contribution in [3.8, 4) is 11.5 Å². The second kappa shape index (κ2) is 7.36. The SMILES string of the molecule is CCC(NC)c1ccc(Oc2ccccc2SC)cc1. The van der Waals surface area contributed by atoms with Crippen molar-refractivity contribution >= 4 is 11.8 Å². The van der Waals surface area contributed by atoms with Crippen molar-refractivity contribution in [1.82, 2.24) is 5.32 Å². The molecule has 0 saturated heterocycles. The van der Waals surface area contributed by atoms with E-state index in [1.165, 1.54) is 5.56 Å². The van der Waals surface area contributed by atoms with Crippen molar-refractivity contribution in [2.45, 2.75) is 24.3 Å². The van der Waals surface area contributed by atoms with Gasteiger partial charge in [-0.1, -0.05) is 31.2 Å². The summed E-state index contributed by atoms with van der Waals surface area (Å²) < 4.78 is 5.96. The molecule has 0 aliphatic heterocycles. The second-order valence-corrected chi connectivity index (χ2v) is 5.42. The number of hydrogen-bond donors (Lipinski definition) is 1. The van der Waals surface area contributed by atoms with Gasteiger partial charge in [-0.2, -0.15) is 0 Å². The molecule has 0 bridgehead atoms. The third-order valence-corrected chi connectivity index (χ3v) is 4.11. The summed E-state index contributed by atoms with van der Waals surface area (Å²) in [5.74, 6) is 1.79. The molecule has 0 spiro atoms. The first-order chi connectivity index (χ1) is 9.78. The van der Waals surface area contributed by atoms with Crippen LogP contribution in [0.2, 0.25) is 0 Å². The highest BCUT2D eigenvalue weighted by molar-refractivity contribution is 7.98. The first-order valence-corrected chi connectivity index (χ1v) is 8.09. The number of rotatable bonds is 6. The lowest BCUT2D eigenvalue weighted by atomic mass is 10.0. The van der Waals surface area contributed by atoms with Crippen molar-refractivity contribution in [3.05, 3.63) is 54.1 Å². The number of thioether (sulfide) groups is 1. The third-order valence-electron chi connectivity index (χ3n) is 3.34. The topological polar surface area (TPSA) is 21.3 Å². The Hall–Kier alpha value is -1.45. The van der Waals surface area contributed by atoms with Crippen molar-refractivity contribution in [3.63, 3.8) is 0 Å². The Kier molecular flexibility index (Phi) is 5.50. The van der Waals surface area contributed by atoms with Gasteiger partial charge in [0.05, 0.1) is 0 Å². The van der Waals surface area contributed by atoms with Crippen LogP contribution in [-0.2, 0) is 0 Å². The van der Waals surface area contributed by atoms with Crippen molar-refractivity contribution in [1.29, 1.82) is 0 Å². The maximum Gasteiger partial charge on any atom is 0.140 e. The van der Waals surface area contributed by atoms with E-state index in [1.54, 1.807) is 11.8 Å².